The van der Waals surface area contributed by atoms with Gasteiger partial charge < -0.3 is 4.79 Å². The number of aldehydes is 1. The van der Waals surface area contributed by atoms with Crippen molar-refractivity contribution in [3.63, 3.8) is 0 Å². The third kappa shape index (κ3) is 2.28. The summed E-state index contributed by atoms with van der Waals surface area (Å²) >= 11 is 0. The van der Waals surface area contributed by atoms with Crippen molar-refractivity contribution in [2.75, 3.05) is 12.3 Å². The second kappa shape index (κ2) is 4.19. The van der Waals surface area contributed by atoms with Crippen LogP contribution in [0.3, 0.4) is 0 Å². The van der Waals surface area contributed by atoms with Crippen LogP contribution < -0.4 is 0 Å². The van der Waals surface area contributed by atoms with Gasteiger partial charge in [-0.3, -0.25) is 0 Å². The molecule has 1 saturated heterocycles. The molecule has 0 aliphatic carbocycles. The summed E-state index contributed by atoms with van der Waals surface area (Å²) in [6, 6.07) is -0.418. The van der Waals surface area contributed by atoms with Crippen LogP contribution in [0, 0.1) is 0 Å². The van der Waals surface area contributed by atoms with Gasteiger partial charge in [0.15, 0.2) is 0 Å². The molecule has 1 aliphatic rings. The normalized spacial score (nSPS) is 25.8. The summed E-state index contributed by atoms with van der Waals surface area (Å²) in [7, 11) is -3.18. The van der Waals surface area contributed by atoms with Gasteiger partial charge in [0.05, 0.1) is 11.8 Å². The van der Waals surface area contributed by atoms with Gasteiger partial charge in [-0.1, -0.05) is 6.42 Å². The lowest BCUT2D eigenvalue weighted by Crippen LogP contribution is -2.45. The van der Waals surface area contributed by atoms with E-state index >= 15 is 0 Å². The fourth-order valence-electron chi connectivity index (χ4n) is 1.58. The van der Waals surface area contributed by atoms with E-state index in [-0.39, 0.29) is 5.75 Å². The van der Waals surface area contributed by atoms with Gasteiger partial charge in [-0.25, -0.2) is 8.42 Å². The Morgan fingerprint density at radius 3 is 2.69 bits per heavy atom. The van der Waals surface area contributed by atoms with Crippen LogP contribution in [0.15, 0.2) is 0 Å². The summed E-state index contributed by atoms with van der Waals surface area (Å²) in [5.74, 6) is 0.0807. The van der Waals surface area contributed by atoms with Gasteiger partial charge in [-0.05, 0) is 19.8 Å². The van der Waals surface area contributed by atoms with Crippen LogP contribution in [0.2, 0.25) is 0 Å². The van der Waals surface area contributed by atoms with Crippen molar-refractivity contribution in [3.05, 3.63) is 0 Å². The highest BCUT2D eigenvalue weighted by molar-refractivity contribution is 7.89. The Morgan fingerprint density at radius 2 is 2.15 bits per heavy atom. The van der Waals surface area contributed by atoms with Crippen LogP contribution in [-0.2, 0) is 14.8 Å². The molecule has 76 valence electrons. The molecule has 5 heteroatoms. The van der Waals surface area contributed by atoms with E-state index in [0.29, 0.717) is 13.0 Å². The fourth-order valence-corrected chi connectivity index (χ4v) is 2.88. The van der Waals surface area contributed by atoms with Crippen molar-refractivity contribution >= 4 is 16.3 Å². The lowest BCUT2D eigenvalue weighted by Gasteiger charge is -2.30. The Kier molecular flexibility index (Phi) is 3.44. The molecule has 0 spiro atoms. The Balaban J connectivity index is 2.81. The maximum atomic E-state index is 11.5. The smallest absolute Gasteiger partial charge is 0.214 e. The topological polar surface area (TPSA) is 54.5 Å². The third-order valence-corrected chi connectivity index (χ3v) is 4.28. The van der Waals surface area contributed by atoms with Gasteiger partial charge in [-0.15, -0.1) is 0 Å². The molecule has 0 aromatic heterocycles. The molecule has 1 heterocycles. The first kappa shape index (κ1) is 10.7. The zero-order valence-corrected chi connectivity index (χ0v) is 8.59. The highest BCUT2D eigenvalue weighted by Crippen LogP contribution is 2.18. The predicted molar refractivity (Wildman–Crippen MR) is 49.9 cm³/mol. The standard InChI is InChI=1S/C8H15NO3S/c1-2-13(11,12)9-6-4-3-5-8(9)7-10/h7-8H,2-6H2,1H3. The number of carbonyl (C=O) groups is 1. The van der Waals surface area contributed by atoms with E-state index < -0.39 is 16.1 Å². The summed E-state index contributed by atoms with van der Waals surface area (Å²) in [6.45, 7) is 2.10. The van der Waals surface area contributed by atoms with E-state index in [1.807, 2.05) is 0 Å². The van der Waals surface area contributed by atoms with Crippen LogP contribution in [-0.4, -0.2) is 37.3 Å². The molecule has 0 aromatic carbocycles. The molecule has 0 radical (unpaired) electrons. The van der Waals surface area contributed by atoms with Crippen molar-refractivity contribution in [1.29, 1.82) is 0 Å². The number of nitrogens with zero attached hydrogens (tertiary/aromatic N) is 1. The van der Waals surface area contributed by atoms with Crippen molar-refractivity contribution in [1.82, 2.24) is 4.31 Å². The predicted octanol–water partition coefficient (Wildman–Crippen LogP) is 0.389. The van der Waals surface area contributed by atoms with Crippen molar-refractivity contribution in [2.24, 2.45) is 0 Å². The van der Waals surface area contributed by atoms with Crippen LogP contribution >= 0.6 is 0 Å². The number of hydrogen-bond donors (Lipinski definition) is 0. The quantitative estimate of drug-likeness (QED) is 0.626. The lowest BCUT2D eigenvalue weighted by molar-refractivity contribution is -0.111. The minimum absolute atomic E-state index is 0.0807. The molecule has 1 aliphatic heterocycles. The maximum Gasteiger partial charge on any atom is 0.214 e. The zero-order chi connectivity index (χ0) is 9.90. The van der Waals surface area contributed by atoms with E-state index in [0.717, 1.165) is 19.1 Å². The molecule has 0 bridgehead atoms. The van der Waals surface area contributed by atoms with E-state index in [2.05, 4.69) is 0 Å². The fraction of sp³-hybridized carbons (Fsp3) is 0.875. The Labute approximate surface area is 79.0 Å². The van der Waals surface area contributed by atoms with E-state index in [4.69, 9.17) is 0 Å². The molecule has 1 fully saturated rings. The van der Waals surface area contributed by atoms with Crippen molar-refractivity contribution < 1.29 is 13.2 Å². The first-order valence-corrected chi connectivity index (χ1v) is 6.17. The summed E-state index contributed by atoms with van der Waals surface area (Å²) in [4.78, 5) is 10.6. The Bertz CT molecular complexity index is 273. The van der Waals surface area contributed by atoms with Crippen LogP contribution in [0.1, 0.15) is 26.2 Å². The number of piperidine rings is 1. The lowest BCUT2D eigenvalue weighted by atomic mass is 10.1. The van der Waals surface area contributed by atoms with Crippen LogP contribution in [0.5, 0.6) is 0 Å². The largest absolute Gasteiger partial charge is 0.302 e. The van der Waals surface area contributed by atoms with E-state index in [9.17, 15) is 13.2 Å². The van der Waals surface area contributed by atoms with Gasteiger partial charge in [-0.2, -0.15) is 4.31 Å². The minimum atomic E-state index is -3.18. The number of rotatable bonds is 3. The number of hydrogen-bond acceptors (Lipinski definition) is 3. The molecule has 0 amide bonds. The summed E-state index contributed by atoms with van der Waals surface area (Å²) in [5, 5.41) is 0. The van der Waals surface area contributed by atoms with Crippen LogP contribution in [0.25, 0.3) is 0 Å². The molecule has 0 N–H and O–H groups in total. The molecule has 4 nitrogen and oxygen atoms in total. The molecular weight excluding hydrogens is 190 g/mol. The van der Waals surface area contributed by atoms with Gasteiger partial charge in [0.1, 0.15) is 6.29 Å². The Hall–Kier alpha value is -0.420. The van der Waals surface area contributed by atoms with Gasteiger partial charge in [0, 0.05) is 6.54 Å². The summed E-state index contributed by atoms with van der Waals surface area (Å²) in [5.41, 5.74) is 0. The summed E-state index contributed by atoms with van der Waals surface area (Å²) < 4.78 is 24.3. The minimum Gasteiger partial charge on any atom is -0.302 e. The number of carbonyl (C=O) groups excluding carboxylic acids is 1. The molecule has 1 unspecified atom stereocenters. The monoisotopic (exact) mass is 205 g/mol. The second-order valence-corrected chi connectivity index (χ2v) is 5.42. The van der Waals surface area contributed by atoms with Gasteiger partial charge in [0.2, 0.25) is 10.0 Å². The average molecular weight is 205 g/mol. The molecule has 13 heavy (non-hydrogen) atoms. The third-order valence-electron chi connectivity index (χ3n) is 2.38. The van der Waals surface area contributed by atoms with Gasteiger partial charge >= 0.3 is 0 Å². The SMILES string of the molecule is CCS(=O)(=O)N1CCCCC1C=O. The summed E-state index contributed by atoms with van der Waals surface area (Å²) in [6.07, 6.45) is 3.22. The Morgan fingerprint density at radius 1 is 1.46 bits per heavy atom. The maximum absolute atomic E-state index is 11.5. The highest BCUT2D eigenvalue weighted by atomic mass is 32.2. The van der Waals surface area contributed by atoms with Gasteiger partial charge in [0.25, 0.3) is 0 Å². The molecular formula is C8H15NO3S. The molecule has 0 saturated carbocycles. The first-order valence-electron chi connectivity index (χ1n) is 4.56. The van der Waals surface area contributed by atoms with E-state index in [1.54, 1.807) is 6.92 Å². The first-order chi connectivity index (χ1) is 6.11. The van der Waals surface area contributed by atoms with Crippen LogP contribution in [0.4, 0.5) is 0 Å². The van der Waals surface area contributed by atoms with Crippen molar-refractivity contribution in [2.45, 2.75) is 32.2 Å². The molecule has 1 rings (SSSR count). The zero-order valence-electron chi connectivity index (χ0n) is 7.77. The molecule has 0 aromatic rings. The highest BCUT2D eigenvalue weighted by Gasteiger charge is 2.30. The van der Waals surface area contributed by atoms with E-state index in [1.165, 1.54) is 4.31 Å². The van der Waals surface area contributed by atoms with Crippen molar-refractivity contribution in [3.8, 4) is 0 Å². The average Bonchev–Trinajstić information content (AvgIpc) is 2.18. The second-order valence-electron chi connectivity index (χ2n) is 3.21. The molecule has 1 atom stereocenters. The number of sulfonamides is 1.